The van der Waals surface area contributed by atoms with E-state index in [-0.39, 0.29) is 41.9 Å². The molecule has 1 aromatic heterocycles. The van der Waals surface area contributed by atoms with E-state index in [9.17, 15) is 14.4 Å². The lowest BCUT2D eigenvalue weighted by atomic mass is 9.95. The Hall–Kier alpha value is -2.90. The van der Waals surface area contributed by atoms with E-state index in [1.165, 1.54) is 4.90 Å². The second kappa shape index (κ2) is 7.07. The molecule has 31 heavy (non-hydrogen) atoms. The van der Waals surface area contributed by atoms with Crippen LogP contribution in [-0.4, -0.2) is 63.2 Å². The molecule has 8 heteroatoms. The third kappa shape index (κ3) is 2.95. The largest absolute Gasteiger partial charge is 0.423 e. The summed E-state index contributed by atoms with van der Waals surface area (Å²) in [5, 5.41) is 0. The molecule has 4 aliphatic rings. The van der Waals surface area contributed by atoms with Gasteiger partial charge in [-0.1, -0.05) is 12.1 Å². The zero-order valence-corrected chi connectivity index (χ0v) is 17.4. The summed E-state index contributed by atoms with van der Waals surface area (Å²) in [6, 6.07) is 8.06. The maximum absolute atomic E-state index is 13.7. The van der Waals surface area contributed by atoms with Gasteiger partial charge in [0.2, 0.25) is 17.7 Å². The average molecular weight is 422 g/mol. The second-order valence-corrected chi connectivity index (χ2v) is 9.23. The van der Waals surface area contributed by atoms with Crippen molar-refractivity contribution in [2.24, 2.45) is 0 Å². The van der Waals surface area contributed by atoms with E-state index in [1.54, 1.807) is 0 Å². The fourth-order valence-electron chi connectivity index (χ4n) is 6.13. The lowest BCUT2D eigenvalue weighted by Crippen LogP contribution is -2.57. The zero-order chi connectivity index (χ0) is 21.1. The number of imide groups is 1. The van der Waals surface area contributed by atoms with E-state index in [0.717, 1.165) is 43.3 Å². The van der Waals surface area contributed by atoms with Crippen molar-refractivity contribution in [2.45, 2.75) is 75.5 Å². The van der Waals surface area contributed by atoms with Crippen LogP contribution in [0.15, 0.2) is 28.7 Å². The minimum absolute atomic E-state index is 0.0490. The van der Waals surface area contributed by atoms with Gasteiger partial charge in [0.05, 0.1) is 0 Å². The van der Waals surface area contributed by atoms with Crippen molar-refractivity contribution in [1.29, 1.82) is 0 Å². The summed E-state index contributed by atoms with van der Waals surface area (Å²) in [5.74, 6) is 0.0454. The lowest BCUT2D eigenvalue weighted by molar-refractivity contribution is -0.145. The van der Waals surface area contributed by atoms with Gasteiger partial charge in [-0.3, -0.25) is 19.3 Å². The Morgan fingerprint density at radius 2 is 1.68 bits per heavy atom. The molecular weight excluding hydrogens is 396 g/mol. The van der Waals surface area contributed by atoms with Gasteiger partial charge in [0, 0.05) is 37.5 Å². The molecule has 6 rings (SSSR count). The van der Waals surface area contributed by atoms with Gasteiger partial charge < -0.3 is 14.2 Å². The first-order valence-corrected chi connectivity index (χ1v) is 11.4. The van der Waals surface area contributed by atoms with Crippen LogP contribution in [0.3, 0.4) is 0 Å². The molecule has 5 heterocycles. The number of oxazole rings is 1. The van der Waals surface area contributed by atoms with Crippen molar-refractivity contribution < 1.29 is 18.8 Å². The van der Waals surface area contributed by atoms with Crippen LogP contribution in [0.2, 0.25) is 0 Å². The van der Waals surface area contributed by atoms with Crippen molar-refractivity contribution >= 4 is 34.8 Å². The number of amides is 3. The lowest BCUT2D eigenvalue weighted by Gasteiger charge is -2.43. The first-order chi connectivity index (χ1) is 15.1. The number of piperidine rings is 1. The van der Waals surface area contributed by atoms with Crippen molar-refractivity contribution in [3.05, 3.63) is 24.3 Å². The van der Waals surface area contributed by atoms with E-state index in [1.807, 2.05) is 29.2 Å². The number of benzene rings is 1. The van der Waals surface area contributed by atoms with Gasteiger partial charge in [-0.2, -0.15) is 4.98 Å². The maximum Gasteiger partial charge on any atom is 0.299 e. The van der Waals surface area contributed by atoms with Gasteiger partial charge in [0.15, 0.2) is 5.58 Å². The minimum atomic E-state index is -0.261. The third-order valence-electron chi connectivity index (χ3n) is 7.48. The number of hydrogen-bond acceptors (Lipinski definition) is 6. The summed E-state index contributed by atoms with van der Waals surface area (Å²) in [6.45, 7) is 0.756. The van der Waals surface area contributed by atoms with Crippen LogP contribution in [0, 0.1) is 0 Å². The molecule has 0 aliphatic carbocycles. The van der Waals surface area contributed by atoms with Crippen LogP contribution < -0.4 is 4.90 Å². The molecule has 0 spiro atoms. The molecule has 162 valence electrons. The number of anilines is 1. The Labute approximate surface area is 180 Å². The van der Waals surface area contributed by atoms with Gasteiger partial charge in [-0.05, 0) is 50.7 Å². The van der Waals surface area contributed by atoms with Crippen molar-refractivity contribution in [2.75, 3.05) is 11.4 Å². The van der Waals surface area contributed by atoms with Crippen molar-refractivity contribution in [3.63, 3.8) is 0 Å². The number of carbonyl (C=O) groups is 3. The van der Waals surface area contributed by atoms with Gasteiger partial charge in [0.1, 0.15) is 11.6 Å². The average Bonchev–Trinajstić information content (AvgIpc) is 3.52. The monoisotopic (exact) mass is 422 g/mol. The van der Waals surface area contributed by atoms with Crippen LogP contribution in [0.5, 0.6) is 0 Å². The Morgan fingerprint density at radius 3 is 2.39 bits per heavy atom. The Balaban J connectivity index is 1.22. The molecule has 2 aromatic rings. The topological polar surface area (TPSA) is 87.0 Å². The van der Waals surface area contributed by atoms with Crippen LogP contribution >= 0.6 is 0 Å². The van der Waals surface area contributed by atoms with E-state index in [0.29, 0.717) is 31.7 Å². The summed E-state index contributed by atoms with van der Waals surface area (Å²) in [7, 11) is 0. The molecule has 3 amide bonds. The minimum Gasteiger partial charge on any atom is -0.423 e. The SMILES string of the molecule is O=C1CCC(=O)N1C1CC2CCC(C1)N2C(=O)C1CCCN1c1nc2ccccc2o1. The number of hydrogen-bond donors (Lipinski definition) is 0. The van der Waals surface area contributed by atoms with Crippen molar-refractivity contribution in [1.82, 2.24) is 14.8 Å². The van der Waals surface area contributed by atoms with Crippen LogP contribution in [0.1, 0.15) is 51.4 Å². The fraction of sp³-hybridized carbons (Fsp3) is 0.565. The van der Waals surface area contributed by atoms with E-state index in [2.05, 4.69) is 9.88 Å². The van der Waals surface area contributed by atoms with E-state index < -0.39 is 0 Å². The number of rotatable bonds is 3. The fourth-order valence-corrected chi connectivity index (χ4v) is 6.13. The Kier molecular flexibility index (Phi) is 4.30. The quantitative estimate of drug-likeness (QED) is 0.707. The van der Waals surface area contributed by atoms with Gasteiger partial charge >= 0.3 is 0 Å². The van der Waals surface area contributed by atoms with Crippen LogP contribution in [0.25, 0.3) is 11.1 Å². The highest BCUT2D eigenvalue weighted by Crippen LogP contribution is 2.41. The Bertz CT molecular complexity index is 1000. The molecule has 4 saturated heterocycles. The summed E-state index contributed by atoms with van der Waals surface area (Å²) >= 11 is 0. The summed E-state index contributed by atoms with van der Waals surface area (Å²) < 4.78 is 5.96. The smallest absolute Gasteiger partial charge is 0.299 e. The molecule has 2 bridgehead atoms. The maximum atomic E-state index is 13.7. The molecule has 0 N–H and O–H groups in total. The van der Waals surface area contributed by atoms with Crippen molar-refractivity contribution in [3.8, 4) is 0 Å². The molecule has 8 nitrogen and oxygen atoms in total. The van der Waals surface area contributed by atoms with Gasteiger partial charge in [-0.15, -0.1) is 0 Å². The number of nitrogens with zero attached hydrogens (tertiary/aromatic N) is 4. The molecule has 3 unspecified atom stereocenters. The predicted octanol–water partition coefficient (Wildman–Crippen LogP) is 2.47. The van der Waals surface area contributed by atoms with Crippen LogP contribution in [-0.2, 0) is 14.4 Å². The predicted molar refractivity (Wildman–Crippen MR) is 112 cm³/mol. The summed E-state index contributed by atoms with van der Waals surface area (Å²) in [6.07, 6.45) is 5.67. The third-order valence-corrected chi connectivity index (χ3v) is 7.48. The molecular formula is C23H26N4O4. The van der Waals surface area contributed by atoms with Gasteiger partial charge in [0.25, 0.3) is 6.01 Å². The number of aromatic nitrogens is 1. The molecule has 4 aliphatic heterocycles. The van der Waals surface area contributed by atoms with E-state index >= 15 is 0 Å². The highest BCUT2D eigenvalue weighted by Gasteiger charge is 2.50. The molecule has 3 atom stereocenters. The standard InChI is InChI=1S/C23H26N4O4/c28-20-9-10-21(29)27(20)16-12-14-7-8-15(13-16)26(14)22(30)18-5-3-11-25(18)23-24-17-4-1-2-6-19(17)31-23/h1-2,4,6,14-16,18H,3,5,7-13H2. The summed E-state index contributed by atoms with van der Waals surface area (Å²) in [4.78, 5) is 48.3. The Morgan fingerprint density at radius 1 is 0.968 bits per heavy atom. The summed E-state index contributed by atoms with van der Waals surface area (Å²) in [5.41, 5.74) is 1.54. The normalized spacial score (nSPS) is 30.8. The molecule has 4 fully saturated rings. The zero-order valence-electron chi connectivity index (χ0n) is 17.4. The number of fused-ring (bicyclic) bond motifs is 3. The first kappa shape index (κ1) is 18.8. The first-order valence-electron chi connectivity index (χ1n) is 11.4. The van der Waals surface area contributed by atoms with Gasteiger partial charge in [-0.25, -0.2) is 0 Å². The molecule has 0 radical (unpaired) electrons. The number of para-hydroxylation sites is 2. The molecule has 1 aromatic carbocycles. The number of carbonyl (C=O) groups excluding carboxylic acids is 3. The second-order valence-electron chi connectivity index (χ2n) is 9.23. The highest BCUT2D eigenvalue weighted by atomic mass is 16.4. The van der Waals surface area contributed by atoms with E-state index in [4.69, 9.17) is 4.42 Å². The number of likely N-dealkylation sites (tertiary alicyclic amines) is 1. The molecule has 0 saturated carbocycles. The highest BCUT2D eigenvalue weighted by molar-refractivity contribution is 6.02. The van der Waals surface area contributed by atoms with Crippen LogP contribution in [0.4, 0.5) is 6.01 Å².